The lowest BCUT2D eigenvalue weighted by Gasteiger charge is -2.38. The number of hydrogen-bond donors (Lipinski definition) is 1. The summed E-state index contributed by atoms with van der Waals surface area (Å²) in [6.45, 7) is 1.48. The summed E-state index contributed by atoms with van der Waals surface area (Å²) in [4.78, 5) is 37.7. The summed E-state index contributed by atoms with van der Waals surface area (Å²) in [5.41, 5.74) is -1.04. The van der Waals surface area contributed by atoms with Gasteiger partial charge in [-0.25, -0.2) is 4.79 Å². The number of nitrogens with one attached hydrogen (secondary N) is 1. The van der Waals surface area contributed by atoms with Crippen molar-refractivity contribution in [3.63, 3.8) is 0 Å². The van der Waals surface area contributed by atoms with Crippen LogP contribution in [-0.4, -0.2) is 55.2 Å². The minimum atomic E-state index is -1.04. The van der Waals surface area contributed by atoms with Crippen molar-refractivity contribution in [3.05, 3.63) is 0 Å². The first-order chi connectivity index (χ1) is 9.63. The molecule has 0 bridgehead atoms. The third kappa shape index (κ3) is 2.10. The van der Waals surface area contributed by atoms with Crippen molar-refractivity contribution in [3.8, 4) is 0 Å². The Bertz CT molecular complexity index is 438. The van der Waals surface area contributed by atoms with E-state index in [0.717, 1.165) is 17.7 Å². The molecule has 2 heterocycles. The van der Waals surface area contributed by atoms with Crippen molar-refractivity contribution >= 4 is 17.8 Å². The number of rotatable bonds is 2. The van der Waals surface area contributed by atoms with Gasteiger partial charge in [-0.2, -0.15) is 0 Å². The van der Waals surface area contributed by atoms with Crippen LogP contribution in [0.4, 0.5) is 4.79 Å². The highest BCUT2D eigenvalue weighted by Crippen LogP contribution is 2.41. The summed E-state index contributed by atoms with van der Waals surface area (Å²) in [5.74, 6) is -0.819. The van der Waals surface area contributed by atoms with E-state index in [9.17, 15) is 14.4 Å². The fourth-order valence-corrected chi connectivity index (χ4v) is 3.16. The van der Waals surface area contributed by atoms with Crippen LogP contribution in [0.25, 0.3) is 0 Å². The molecule has 110 valence electrons. The smallest absolute Gasteiger partial charge is 0.330 e. The van der Waals surface area contributed by atoms with Crippen LogP contribution in [0.3, 0.4) is 0 Å². The van der Waals surface area contributed by atoms with Crippen molar-refractivity contribution in [2.24, 2.45) is 5.41 Å². The van der Waals surface area contributed by atoms with E-state index in [2.05, 4.69) is 5.32 Å². The largest absolute Gasteiger partial charge is 0.376 e. The topological polar surface area (TPSA) is 84.9 Å². The number of barbiturate groups is 1. The van der Waals surface area contributed by atoms with E-state index in [1.54, 1.807) is 0 Å². The van der Waals surface area contributed by atoms with Gasteiger partial charge in [0.25, 0.3) is 0 Å². The molecule has 4 amide bonds. The number of carbonyl (C=O) groups excluding carboxylic acids is 3. The average Bonchev–Trinajstić information content (AvgIpc) is 2.94. The monoisotopic (exact) mass is 282 g/mol. The molecule has 7 heteroatoms. The van der Waals surface area contributed by atoms with E-state index in [-0.39, 0.29) is 18.6 Å². The van der Waals surface area contributed by atoms with Crippen LogP contribution in [0, 0.1) is 5.41 Å². The average molecular weight is 282 g/mol. The van der Waals surface area contributed by atoms with Gasteiger partial charge in [-0.1, -0.05) is 12.8 Å². The number of nitrogens with zero attached hydrogens (tertiary/aromatic N) is 1. The summed E-state index contributed by atoms with van der Waals surface area (Å²) in [7, 11) is 0. The maximum Gasteiger partial charge on any atom is 0.330 e. The van der Waals surface area contributed by atoms with Crippen LogP contribution in [0.2, 0.25) is 0 Å². The van der Waals surface area contributed by atoms with E-state index in [0.29, 0.717) is 32.7 Å². The van der Waals surface area contributed by atoms with Crippen molar-refractivity contribution < 1.29 is 23.9 Å². The van der Waals surface area contributed by atoms with Gasteiger partial charge in [0.15, 0.2) is 0 Å². The maximum atomic E-state index is 12.6. The van der Waals surface area contributed by atoms with Gasteiger partial charge in [0.1, 0.15) is 5.41 Å². The molecule has 1 spiro atoms. The maximum absolute atomic E-state index is 12.6. The minimum absolute atomic E-state index is 0.139. The van der Waals surface area contributed by atoms with Crippen molar-refractivity contribution in [2.75, 3.05) is 26.4 Å². The van der Waals surface area contributed by atoms with E-state index in [4.69, 9.17) is 9.47 Å². The predicted molar refractivity (Wildman–Crippen MR) is 66.7 cm³/mol. The van der Waals surface area contributed by atoms with Gasteiger partial charge in [0.2, 0.25) is 11.8 Å². The molecule has 1 saturated carbocycles. The lowest BCUT2D eigenvalue weighted by Crippen LogP contribution is -2.64. The lowest BCUT2D eigenvalue weighted by atomic mass is 9.82. The molecule has 3 rings (SSSR count). The van der Waals surface area contributed by atoms with Gasteiger partial charge in [-0.3, -0.25) is 19.8 Å². The zero-order chi connectivity index (χ0) is 14.2. The van der Waals surface area contributed by atoms with Gasteiger partial charge < -0.3 is 9.47 Å². The molecule has 1 aliphatic carbocycles. The zero-order valence-corrected chi connectivity index (χ0v) is 11.2. The summed E-state index contributed by atoms with van der Waals surface area (Å²) < 4.78 is 10.7. The molecular formula is C13H18N2O5. The summed E-state index contributed by atoms with van der Waals surface area (Å²) in [5, 5.41) is 2.31. The molecule has 1 atom stereocenters. The molecular weight excluding hydrogens is 264 g/mol. The molecule has 0 aromatic heterocycles. The SMILES string of the molecule is O=C1NC(=O)C2(CCCC2)C(=O)N1CC1COCCO1. The Morgan fingerprint density at radius 1 is 1.20 bits per heavy atom. The van der Waals surface area contributed by atoms with Crippen molar-refractivity contribution in [1.82, 2.24) is 10.2 Å². The van der Waals surface area contributed by atoms with E-state index >= 15 is 0 Å². The quantitative estimate of drug-likeness (QED) is 0.723. The third-order valence-electron chi connectivity index (χ3n) is 4.28. The lowest BCUT2D eigenvalue weighted by molar-refractivity contribution is -0.154. The highest BCUT2D eigenvalue weighted by molar-refractivity contribution is 6.19. The molecule has 0 aromatic rings. The van der Waals surface area contributed by atoms with Crippen LogP contribution >= 0.6 is 0 Å². The van der Waals surface area contributed by atoms with Crippen LogP contribution in [0.1, 0.15) is 25.7 Å². The molecule has 0 radical (unpaired) electrons. The number of urea groups is 1. The number of imide groups is 2. The fraction of sp³-hybridized carbons (Fsp3) is 0.769. The predicted octanol–water partition coefficient (Wildman–Crippen LogP) is 0.0406. The first kappa shape index (κ1) is 13.5. The molecule has 1 N–H and O–H groups in total. The Morgan fingerprint density at radius 2 is 1.95 bits per heavy atom. The Labute approximate surface area is 116 Å². The summed E-state index contributed by atoms with van der Waals surface area (Å²) in [6.07, 6.45) is 2.40. The van der Waals surface area contributed by atoms with Crippen LogP contribution < -0.4 is 5.32 Å². The molecule has 0 aromatic carbocycles. The molecule has 7 nitrogen and oxygen atoms in total. The van der Waals surface area contributed by atoms with Gasteiger partial charge in [0.05, 0.1) is 32.5 Å². The zero-order valence-electron chi connectivity index (χ0n) is 11.2. The van der Waals surface area contributed by atoms with Gasteiger partial charge in [0, 0.05) is 0 Å². The molecule has 2 saturated heterocycles. The Kier molecular flexibility index (Phi) is 3.47. The number of hydrogen-bond acceptors (Lipinski definition) is 5. The standard InChI is InChI=1S/C13H18N2O5/c16-10-13(3-1-2-4-13)11(17)15(12(18)14-10)7-9-8-19-5-6-20-9/h9H,1-8H2,(H,14,16,18). The number of carbonyl (C=O) groups is 3. The fourth-order valence-electron chi connectivity index (χ4n) is 3.16. The third-order valence-corrected chi connectivity index (χ3v) is 4.28. The van der Waals surface area contributed by atoms with E-state index in [1.165, 1.54) is 0 Å². The minimum Gasteiger partial charge on any atom is -0.376 e. The second-order valence-electron chi connectivity index (χ2n) is 5.53. The van der Waals surface area contributed by atoms with Crippen LogP contribution in [0.15, 0.2) is 0 Å². The van der Waals surface area contributed by atoms with Gasteiger partial charge in [-0.05, 0) is 12.8 Å². The number of amides is 4. The first-order valence-electron chi connectivity index (χ1n) is 7.00. The molecule has 3 fully saturated rings. The van der Waals surface area contributed by atoms with Crippen molar-refractivity contribution in [1.29, 1.82) is 0 Å². The van der Waals surface area contributed by atoms with E-state index in [1.807, 2.05) is 0 Å². The summed E-state index contributed by atoms with van der Waals surface area (Å²) >= 11 is 0. The molecule has 2 aliphatic heterocycles. The van der Waals surface area contributed by atoms with E-state index < -0.39 is 17.4 Å². The highest BCUT2D eigenvalue weighted by Gasteiger charge is 2.55. The Hall–Kier alpha value is -1.47. The molecule has 20 heavy (non-hydrogen) atoms. The van der Waals surface area contributed by atoms with Gasteiger partial charge in [-0.15, -0.1) is 0 Å². The summed E-state index contributed by atoms with van der Waals surface area (Å²) in [6, 6.07) is -0.647. The highest BCUT2D eigenvalue weighted by atomic mass is 16.6. The van der Waals surface area contributed by atoms with Crippen LogP contribution in [0.5, 0.6) is 0 Å². The second-order valence-corrected chi connectivity index (χ2v) is 5.53. The Morgan fingerprint density at radius 3 is 2.60 bits per heavy atom. The first-order valence-corrected chi connectivity index (χ1v) is 7.00. The second kappa shape index (κ2) is 5.14. The van der Waals surface area contributed by atoms with Gasteiger partial charge >= 0.3 is 6.03 Å². The normalized spacial score (nSPS) is 29.9. The number of ether oxygens (including phenoxy) is 2. The van der Waals surface area contributed by atoms with Crippen molar-refractivity contribution in [2.45, 2.75) is 31.8 Å². The Balaban J connectivity index is 1.77. The molecule has 3 aliphatic rings. The molecule has 1 unspecified atom stereocenters. The van der Waals surface area contributed by atoms with Crippen LogP contribution in [-0.2, 0) is 19.1 Å².